The van der Waals surface area contributed by atoms with Gasteiger partial charge in [0, 0.05) is 10.5 Å². The Bertz CT molecular complexity index is 331. The van der Waals surface area contributed by atoms with Crippen LogP contribution in [0.5, 0.6) is 5.75 Å². The van der Waals surface area contributed by atoms with Crippen molar-refractivity contribution in [3.8, 4) is 17.6 Å². The van der Waals surface area contributed by atoms with Crippen molar-refractivity contribution in [1.29, 1.82) is 0 Å². The van der Waals surface area contributed by atoms with Gasteiger partial charge in [-0.25, -0.2) is 4.39 Å². The molecule has 0 bridgehead atoms. The van der Waals surface area contributed by atoms with Gasteiger partial charge in [-0.15, -0.1) is 5.92 Å². The fraction of sp³-hybridized carbons (Fsp3) is 0.200. The van der Waals surface area contributed by atoms with Crippen LogP contribution < -0.4 is 4.74 Å². The summed E-state index contributed by atoms with van der Waals surface area (Å²) in [5.41, 5.74) is 0. The second-order valence-corrected chi connectivity index (χ2v) is 3.24. The molecule has 0 fully saturated rings. The molecule has 0 atom stereocenters. The highest BCUT2D eigenvalue weighted by Crippen LogP contribution is 2.20. The molecule has 0 aliphatic heterocycles. The second-order valence-electron chi connectivity index (χ2n) is 2.32. The first-order chi connectivity index (χ1) is 6.22. The van der Waals surface area contributed by atoms with Crippen LogP contribution >= 0.6 is 15.9 Å². The maximum Gasteiger partial charge on any atom is 0.149 e. The molecule has 13 heavy (non-hydrogen) atoms. The van der Waals surface area contributed by atoms with Gasteiger partial charge in [-0.1, -0.05) is 21.9 Å². The smallest absolute Gasteiger partial charge is 0.149 e. The molecule has 0 saturated carbocycles. The normalized spacial score (nSPS) is 8.85. The predicted octanol–water partition coefficient (Wildman–Crippen LogP) is 2.99. The summed E-state index contributed by atoms with van der Waals surface area (Å²) in [4.78, 5) is 0. The predicted molar refractivity (Wildman–Crippen MR) is 53.0 cm³/mol. The Hall–Kier alpha value is -1.01. The number of hydrogen-bond acceptors (Lipinski definition) is 1. The molecular weight excluding hydrogens is 235 g/mol. The highest BCUT2D eigenvalue weighted by atomic mass is 79.9. The van der Waals surface area contributed by atoms with E-state index in [9.17, 15) is 4.39 Å². The largest absolute Gasteiger partial charge is 0.481 e. The maximum atomic E-state index is 12.8. The molecule has 68 valence electrons. The van der Waals surface area contributed by atoms with Crippen LogP contribution in [0.2, 0.25) is 0 Å². The van der Waals surface area contributed by atoms with Crippen LogP contribution in [-0.4, -0.2) is 6.61 Å². The lowest BCUT2D eigenvalue weighted by atomic mass is 10.3. The van der Waals surface area contributed by atoms with Crippen molar-refractivity contribution >= 4 is 15.9 Å². The molecule has 0 aliphatic rings. The van der Waals surface area contributed by atoms with Crippen LogP contribution in [0.3, 0.4) is 0 Å². The number of rotatable bonds is 2. The summed E-state index contributed by atoms with van der Waals surface area (Å²) >= 11 is 3.17. The first-order valence-corrected chi connectivity index (χ1v) is 4.50. The lowest BCUT2D eigenvalue weighted by molar-refractivity contribution is 0.367. The standard InChI is InChI=1S/C10H8BrFO/c1-2-3-4-13-10-6-8(11)5-9(12)7-10/h5-7H,4H2,1H3. The Morgan fingerprint density at radius 3 is 2.85 bits per heavy atom. The van der Waals surface area contributed by atoms with Gasteiger partial charge in [0.05, 0.1) is 0 Å². The van der Waals surface area contributed by atoms with E-state index < -0.39 is 0 Å². The molecule has 0 saturated heterocycles. The molecular formula is C10H8BrFO. The minimum absolute atomic E-state index is 0.284. The van der Waals surface area contributed by atoms with Crippen LogP contribution in [0.4, 0.5) is 4.39 Å². The van der Waals surface area contributed by atoms with E-state index in [-0.39, 0.29) is 12.4 Å². The van der Waals surface area contributed by atoms with Crippen molar-refractivity contribution in [1.82, 2.24) is 0 Å². The molecule has 1 aromatic carbocycles. The summed E-state index contributed by atoms with van der Waals surface area (Å²) in [6.07, 6.45) is 0. The van der Waals surface area contributed by atoms with Gasteiger partial charge >= 0.3 is 0 Å². The Kier molecular flexibility index (Phi) is 3.78. The molecule has 3 heteroatoms. The van der Waals surface area contributed by atoms with Crippen LogP contribution in [-0.2, 0) is 0 Å². The maximum absolute atomic E-state index is 12.8. The molecule has 0 radical (unpaired) electrons. The van der Waals surface area contributed by atoms with Crippen molar-refractivity contribution < 1.29 is 9.13 Å². The summed E-state index contributed by atoms with van der Waals surface area (Å²) < 4.78 is 18.6. The van der Waals surface area contributed by atoms with Crippen LogP contribution in [0, 0.1) is 17.7 Å². The first-order valence-electron chi connectivity index (χ1n) is 3.71. The highest BCUT2D eigenvalue weighted by Gasteiger charge is 1.98. The lowest BCUT2D eigenvalue weighted by Gasteiger charge is -2.02. The monoisotopic (exact) mass is 242 g/mol. The van der Waals surface area contributed by atoms with Gasteiger partial charge in [0.2, 0.25) is 0 Å². The summed E-state index contributed by atoms with van der Waals surface area (Å²) in [5.74, 6) is 5.57. The third-order valence-electron chi connectivity index (χ3n) is 1.32. The fourth-order valence-electron chi connectivity index (χ4n) is 0.803. The van der Waals surface area contributed by atoms with Gasteiger partial charge in [0.25, 0.3) is 0 Å². The number of halogens is 2. The molecule has 0 amide bonds. The first kappa shape index (κ1) is 10.1. The SMILES string of the molecule is CC#CCOc1cc(F)cc(Br)c1. The van der Waals surface area contributed by atoms with Crippen molar-refractivity contribution in [2.24, 2.45) is 0 Å². The van der Waals surface area contributed by atoms with Crippen molar-refractivity contribution in [3.05, 3.63) is 28.5 Å². The van der Waals surface area contributed by atoms with E-state index in [0.717, 1.165) is 0 Å². The minimum Gasteiger partial charge on any atom is -0.481 e. The zero-order chi connectivity index (χ0) is 9.68. The van der Waals surface area contributed by atoms with Crippen LogP contribution in [0.15, 0.2) is 22.7 Å². The molecule has 0 spiro atoms. The number of benzene rings is 1. The van der Waals surface area contributed by atoms with Gasteiger partial charge in [0.15, 0.2) is 0 Å². The van der Waals surface area contributed by atoms with E-state index in [1.165, 1.54) is 12.1 Å². The summed E-state index contributed by atoms with van der Waals surface area (Å²) in [6.45, 7) is 2.01. The topological polar surface area (TPSA) is 9.23 Å². The molecule has 1 rings (SSSR count). The Labute approximate surface area is 85.0 Å². The zero-order valence-corrected chi connectivity index (χ0v) is 8.69. The van der Waals surface area contributed by atoms with Gasteiger partial charge in [-0.3, -0.25) is 0 Å². The van der Waals surface area contributed by atoms with Crippen molar-refractivity contribution in [2.75, 3.05) is 6.61 Å². The number of hydrogen-bond donors (Lipinski definition) is 0. The second kappa shape index (κ2) is 4.88. The Balaban J connectivity index is 2.69. The molecule has 1 nitrogen and oxygen atoms in total. The minimum atomic E-state index is -0.325. The Morgan fingerprint density at radius 2 is 2.23 bits per heavy atom. The summed E-state index contributed by atoms with van der Waals surface area (Å²) in [6, 6.07) is 4.39. The molecule has 1 aromatic rings. The third kappa shape index (κ3) is 3.47. The number of ether oxygens (including phenoxy) is 1. The lowest BCUT2D eigenvalue weighted by Crippen LogP contribution is -1.94. The Morgan fingerprint density at radius 1 is 1.46 bits per heavy atom. The van der Waals surface area contributed by atoms with E-state index in [4.69, 9.17) is 4.74 Å². The molecule has 0 N–H and O–H groups in total. The van der Waals surface area contributed by atoms with Gasteiger partial charge in [0.1, 0.15) is 18.2 Å². The van der Waals surface area contributed by atoms with Crippen molar-refractivity contribution in [2.45, 2.75) is 6.92 Å². The van der Waals surface area contributed by atoms with E-state index in [1.807, 2.05) is 0 Å². The summed E-state index contributed by atoms with van der Waals surface area (Å²) in [5, 5.41) is 0. The average Bonchev–Trinajstić information content (AvgIpc) is 2.03. The third-order valence-corrected chi connectivity index (χ3v) is 1.78. The quantitative estimate of drug-likeness (QED) is 0.725. The van der Waals surface area contributed by atoms with Gasteiger partial charge in [-0.05, 0) is 19.1 Å². The molecule has 0 unspecified atom stereocenters. The molecule has 0 heterocycles. The van der Waals surface area contributed by atoms with Crippen molar-refractivity contribution in [3.63, 3.8) is 0 Å². The molecule has 0 aliphatic carbocycles. The van der Waals surface area contributed by atoms with E-state index in [1.54, 1.807) is 13.0 Å². The fourth-order valence-corrected chi connectivity index (χ4v) is 1.25. The van der Waals surface area contributed by atoms with E-state index in [2.05, 4.69) is 27.8 Å². The van der Waals surface area contributed by atoms with Crippen LogP contribution in [0.1, 0.15) is 6.92 Å². The summed E-state index contributed by atoms with van der Waals surface area (Å²) in [7, 11) is 0. The van der Waals surface area contributed by atoms with E-state index in [0.29, 0.717) is 10.2 Å². The van der Waals surface area contributed by atoms with Crippen LogP contribution in [0.25, 0.3) is 0 Å². The highest BCUT2D eigenvalue weighted by molar-refractivity contribution is 9.10. The molecule has 0 aromatic heterocycles. The van der Waals surface area contributed by atoms with Gasteiger partial charge < -0.3 is 4.74 Å². The zero-order valence-electron chi connectivity index (χ0n) is 7.10. The van der Waals surface area contributed by atoms with E-state index >= 15 is 0 Å². The van der Waals surface area contributed by atoms with Gasteiger partial charge in [-0.2, -0.15) is 0 Å². The average molecular weight is 243 g/mol.